The van der Waals surface area contributed by atoms with Crippen molar-refractivity contribution >= 4 is 22.8 Å². The zero-order valence-corrected chi connectivity index (χ0v) is 20.4. The quantitative estimate of drug-likeness (QED) is 0.434. The van der Waals surface area contributed by atoms with E-state index < -0.39 is 0 Å². The van der Waals surface area contributed by atoms with Crippen LogP contribution in [0.2, 0.25) is 0 Å². The van der Waals surface area contributed by atoms with Gasteiger partial charge in [-0.3, -0.25) is 9.59 Å². The predicted octanol–water partition coefficient (Wildman–Crippen LogP) is 4.66. The summed E-state index contributed by atoms with van der Waals surface area (Å²) in [6.07, 6.45) is 3.67. The number of aromatic nitrogens is 2. The SMILES string of the molecule is CCN(CC)C(=O)Cn1c(CCCCCNC(=O)c2ccc(C)cc2C)nc2ccccc21. The molecule has 1 N–H and O–H groups in total. The van der Waals surface area contributed by atoms with Gasteiger partial charge in [0.15, 0.2) is 0 Å². The number of hydrogen-bond donors (Lipinski definition) is 1. The molecular formula is C27H36N4O2. The Kier molecular flexibility index (Phi) is 8.64. The molecule has 176 valence electrons. The molecule has 0 aliphatic carbocycles. The van der Waals surface area contributed by atoms with Crippen LogP contribution in [0.1, 0.15) is 60.4 Å². The van der Waals surface area contributed by atoms with Crippen LogP contribution in [0.5, 0.6) is 0 Å². The maximum absolute atomic E-state index is 12.7. The van der Waals surface area contributed by atoms with Crippen LogP contribution in [0.3, 0.4) is 0 Å². The molecule has 0 fully saturated rings. The number of para-hydroxylation sites is 2. The third-order valence-electron chi connectivity index (χ3n) is 6.13. The molecule has 0 bridgehead atoms. The van der Waals surface area contributed by atoms with E-state index in [2.05, 4.69) is 9.88 Å². The molecule has 33 heavy (non-hydrogen) atoms. The van der Waals surface area contributed by atoms with Crippen LogP contribution in [-0.4, -0.2) is 45.9 Å². The van der Waals surface area contributed by atoms with Crippen molar-refractivity contribution in [2.45, 2.75) is 59.9 Å². The molecule has 2 aromatic carbocycles. The number of imidazole rings is 1. The number of fused-ring (bicyclic) bond motifs is 1. The lowest BCUT2D eigenvalue weighted by molar-refractivity contribution is -0.131. The molecule has 6 nitrogen and oxygen atoms in total. The van der Waals surface area contributed by atoms with Gasteiger partial charge in [-0.25, -0.2) is 4.98 Å². The summed E-state index contributed by atoms with van der Waals surface area (Å²) in [6.45, 7) is 10.4. The van der Waals surface area contributed by atoms with Gasteiger partial charge in [-0.1, -0.05) is 36.2 Å². The highest BCUT2D eigenvalue weighted by molar-refractivity contribution is 5.95. The van der Waals surface area contributed by atoms with E-state index in [1.807, 2.05) is 75.1 Å². The molecule has 2 amide bonds. The summed E-state index contributed by atoms with van der Waals surface area (Å²) in [5.74, 6) is 1.07. The fourth-order valence-corrected chi connectivity index (χ4v) is 4.25. The zero-order valence-electron chi connectivity index (χ0n) is 20.4. The summed E-state index contributed by atoms with van der Waals surface area (Å²) >= 11 is 0. The van der Waals surface area contributed by atoms with Gasteiger partial charge in [0, 0.05) is 31.6 Å². The number of rotatable bonds is 11. The van der Waals surface area contributed by atoms with Crippen molar-refractivity contribution in [1.82, 2.24) is 19.8 Å². The molecule has 0 aliphatic heterocycles. The highest BCUT2D eigenvalue weighted by atomic mass is 16.2. The zero-order chi connectivity index (χ0) is 23.8. The lowest BCUT2D eigenvalue weighted by atomic mass is 10.1. The molecule has 0 saturated heterocycles. The number of unbranched alkanes of at least 4 members (excludes halogenated alkanes) is 2. The lowest BCUT2D eigenvalue weighted by Crippen LogP contribution is -2.33. The van der Waals surface area contributed by atoms with Crippen molar-refractivity contribution in [3.8, 4) is 0 Å². The fourth-order valence-electron chi connectivity index (χ4n) is 4.25. The molecule has 0 spiro atoms. The van der Waals surface area contributed by atoms with Crippen molar-refractivity contribution in [3.05, 3.63) is 65.0 Å². The topological polar surface area (TPSA) is 67.2 Å². The highest BCUT2D eigenvalue weighted by Crippen LogP contribution is 2.18. The number of carbonyl (C=O) groups is 2. The van der Waals surface area contributed by atoms with Gasteiger partial charge >= 0.3 is 0 Å². The van der Waals surface area contributed by atoms with Crippen LogP contribution >= 0.6 is 0 Å². The Morgan fingerprint density at radius 2 is 1.76 bits per heavy atom. The molecule has 0 atom stereocenters. The standard InChI is InChI=1S/C27H36N4O2/c1-5-30(6-2)26(32)19-31-24-13-10-9-12-23(24)29-25(31)14-8-7-11-17-28-27(33)22-16-15-20(3)18-21(22)4/h9-10,12-13,15-16,18H,5-8,11,14,17,19H2,1-4H3,(H,28,33). The van der Waals surface area contributed by atoms with E-state index in [9.17, 15) is 9.59 Å². The number of benzene rings is 2. The van der Waals surface area contributed by atoms with Crippen molar-refractivity contribution in [1.29, 1.82) is 0 Å². The summed E-state index contributed by atoms with van der Waals surface area (Å²) < 4.78 is 2.07. The predicted molar refractivity (Wildman–Crippen MR) is 133 cm³/mol. The number of carbonyl (C=O) groups excluding carboxylic acids is 2. The van der Waals surface area contributed by atoms with Gasteiger partial charge < -0.3 is 14.8 Å². The molecule has 1 aromatic heterocycles. The Morgan fingerprint density at radius 1 is 1.00 bits per heavy atom. The average molecular weight is 449 g/mol. The van der Waals surface area contributed by atoms with Gasteiger partial charge in [0.25, 0.3) is 5.91 Å². The number of nitrogens with zero attached hydrogens (tertiary/aromatic N) is 3. The van der Waals surface area contributed by atoms with Crippen molar-refractivity contribution in [2.75, 3.05) is 19.6 Å². The van der Waals surface area contributed by atoms with Gasteiger partial charge in [-0.05, 0) is 64.3 Å². The van der Waals surface area contributed by atoms with Crippen LogP contribution in [0.15, 0.2) is 42.5 Å². The maximum Gasteiger partial charge on any atom is 0.251 e. The average Bonchev–Trinajstić information content (AvgIpc) is 3.14. The smallest absolute Gasteiger partial charge is 0.251 e. The number of nitrogens with one attached hydrogen (secondary N) is 1. The molecule has 0 saturated carbocycles. The van der Waals surface area contributed by atoms with Crippen LogP contribution in [0, 0.1) is 13.8 Å². The second kappa shape index (κ2) is 11.6. The third kappa shape index (κ3) is 6.21. The Morgan fingerprint density at radius 3 is 2.48 bits per heavy atom. The van der Waals surface area contributed by atoms with E-state index in [0.717, 1.165) is 59.2 Å². The fraction of sp³-hybridized carbons (Fsp3) is 0.444. The summed E-state index contributed by atoms with van der Waals surface area (Å²) in [7, 11) is 0. The Labute approximate surface area is 197 Å². The molecule has 6 heteroatoms. The number of amides is 2. The lowest BCUT2D eigenvalue weighted by Gasteiger charge is -2.20. The normalized spacial score (nSPS) is 11.0. The molecular weight excluding hydrogens is 412 g/mol. The summed E-state index contributed by atoms with van der Waals surface area (Å²) in [4.78, 5) is 31.8. The van der Waals surface area contributed by atoms with Gasteiger partial charge in [0.2, 0.25) is 5.91 Å². The van der Waals surface area contributed by atoms with Crippen molar-refractivity contribution in [3.63, 3.8) is 0 Å². The first-order valence-corrected chi connectivity index (χ1v) is 12.0. The second-order valence-corrected chi connectivity index (χ2v) is 8.55. The minimum atomic E-state index is -0.00999. The summed E-state index contributed by atoms with van der Waals surface area (Å²) in [5, 5.41) is 3.03. The van der Waals surface area contributed by atoms with Crippen LogP contribution in [0.4, 0.5) is 0 Å². The van der Waals surface area contributed by atoms with Crippen LogP contribution in [-0.2, 0) is 17.8 Å². The summed E-state index contributed by atoms with van der Waals surface area (Å²) in [5.41, 5.74) is 4.85. The monoisotopic (exact) mass is 448 g/mol. The van der Waals surface area contributed by atoms with Crippen molar-refractivity contribution in [2.24, 2.45) is 0 Å². The van der Waals surface area contributed by atoms with E-state index in [1.165, 1.54) is 0 Å². The Bertz CT molecular complexity index is 1100. The minimum absolute atomic E-state index is 0.00999. The second-order valence-electron chi connectivity index (χ2n) is 8.55. The minimum Gasteiger partial charge on any atom is -0.352 e. The highest BCUT2D eigenvalue weighted by Gasteiger charge is 2.16. The molecule has 0 unspecified atom stereocenters. The van der Waals surface area contributed by atoms with Crippen LogP contribution in [0.25, 0.3) is 11.0 Å². The molecule has 3 rings (SSSR count). The van der Waals surface area contributed by atoms with E-state index in [1.54, 1.807) is 0 Å². The van der Waals surface area contributed by atoms with Gasteiger partial charge in [0.05, 0.1) is 11.0 Å². The first-order valence-electron chi connectivity index (χ1n) is 12.0. The van der Waals surface area contributed by atoms with E-state index in [4.69, 9.17) is 4.98 Å². The first kappa shape index (κ1) is 24.5. The molecule has 0 radical (unpaired) electrons. The van der Waals surface area contributed by atoms with Crippen LogP contribution < -0.4 is 5.32 Å². The first-order chi connectivity index (χ1) is 15.9. The number of aryl methyl sites for hydroxylation is 3. The summed E-state index contributed by atoms with van der Waals surface area (Å²) in [6, 6.07) is 13.9. The Balaban J connectivity index is 1.53. The van der Waals surface area contributed by atoms with Crippen molar-refractivity contribution < 1.29 is 9.59 Å². The van der Waals surface area contributed by atoms with Gasteiger partial charge in [-0.2, -0.15) is 0 Å². The van der Waals surface area contributed by atoms with E-state index in [-0.39, 0.29) is 11.8 Å². The molecule has 3 aromatic rings. The van der Waals surface area contributed by atoms with Gasteiger partial charge in [-0.15, -0.1) is 0 Å². The number of hydrogen-bond acceptors (Lipinski definition) is 3. The Hall–Kier alpha value is -3.15. The van der Waals surface area contributed by atoms with E-state index in [0.29, 0.717) is 26.2 Å². The van der Waals surface area contributed by atoms with Gasteiger partial charge in [0.1, 0.15) is 12.4 Å². The third-order valence-corrected chi connectivity index (χ3v) is 6.13. The largest absolute Gasteiger partial charge is 0.352 e. The number of likely N-dealkylation sites (N-methyl/N-ethyl adjacent to an activating group) is 1. The maximum atomic E-state index is 12.7. The van der Waals surface area contributed by atoms with E-state index >= 15 is 0 Å². The molecule has 1 heterocycles. The molecule has 0 aliphatic rings.